The maximum Gasteiger partial charge on any atom is 0.237 e. The molecular formula is C13H15N3O2. The third kappa shape index (κ3) is 2.29. The van der Waals surface area contributed by atoms with Crippen LogP contribution >= 0.6 is 0 Å². The number of hydrogen-bond acceptors (Lipinski definition) is 4. The lowest BCUT2D eigenvalue weighted by Crippen LogP contribution is -2.49. The van der Waals surface area contributed by atoms with Crippen LogP contribution in [-0.4, -0.2) is 37.6 Å². The number of para-hydroxylation sites is 1. The Morgan fingerprint density at radius 1 is 1.50 bits per heavy atom. The van der Waals surface area contributed by atoms with E-state index in [0.717, 1.165) is 5.56 Å². The maximum absolute atomic E-state index is 11.8. The van der Waals surface area contributed by atoms with Gasteiger partial charge in [0.15, 0.2) is 0 Å². The Labute approximate surface area is 106 Å². The second-order valence-electron chi connectivity index (χ2n) is 4.04. The molecule has 0 aromatic heterocycles. The lowest BCUT2D eigenvalue weighted by atomic mass is 10.0. The molecule has 1 aromatic rings. The van der Waals surface area contributed by atoms with Crippen LogP contribution < -0.4 is 10.1 Å². The minimum atomic E-state index is -0.587. The smallest absolute Gasteiger partial charge is 0.237 e. The number of nitriles is 1. The first kappa shape index (κ1) is 12.4. The summed E-state index contributed by atoms with van der Waals surface area (Å²) in [6.07, 6.45) is 0. The van der Waals surface area contributed by atoms with Crippen molar-refractivity contribution in [3.63, 3.8) is 0 Å². The van der Waals surface area contributed by atoms with Crippen LogP contribution in [0.1, 0.15) is 11.6 Å². The predicted octanol–water partition coefficient (Wildman–Crippen LogP) is 0.692. The van der Waals surface area contributed by atoms with Crippen LogP contribution in [-0.2, 0) is 4.79 Å². The zero-order chi connectivity index (χ0) is 13.0. The van der Waals surface area contributed by atoms with Gasteiger partial charge in [0.2, 0.25) is 5.91 Å². The van der Waals surface area contributed by atoms with Crippen LogP contribution in [0.5, 0.6) is 5.75 Å². The van der Waals surface area contributed by atoms with Crippen LogP contribution in [0, 0.1) is 11.3 Å². The minimum Gasteiger partial charge on any atom is -0.496 e. The number of amides is 1. The van der Waals surface area contributed by atoms with E-state index in [9.17, 15) is 10.1 Å². The number of hydrogen-bond donors (Lipinski definition) is 1. The largest absolute Gasteiger partial charge is 0.496 e. The predicted molar refractivity (Wildman–Crippen MR) is 65.9 cm³/mol. The number of rotatable bonds is 3. The molecule has 2 rings (SSSR count). The van der Waals surface area contributed by atoms with Crippen LogP contribution in [0.15, 0.2) is 24.3 Å². The molecule has 94 valence electrons. The van der Waals surface area contributed by atoms with Gasteiger partial charge >= 0.3 is 0 Å². The van der Waals surface area contributed by atoms with Crippen molar-refractivity contribution in [3.05, 3.63) is 29.8 Å². The third-order valence-corrected chi connectivity index (χ3v) is 2.99. The highest BCUT2D eigenvalue weighted by atomic mass is 16.5. The zero-order valence-electron chi connectivity index (χ0n) is 10.2. The Morgan fingerprint density at radius 2 is 2.28 bits per heavy atom. The van der Waals surface area contributed by atoms with Crippen LogP contribution in [0.3, 0.4) is 0 Å². The molecule has 1 aromatic carbocycles. The summed E-state index contributed by atoms with van der Waals surface area (Å²) in [6.45, 7) is 1.53. The number of carbonyl (C=O) groups excluding carboxylic acids is 1. The quantitative estimate of drug-likeness (QED) is 0.851. The lowest BCUT2D eigenvalue weighted by molar-refractivity contribution is -0.133. The van der Waals surface area contributed by atoms with Crippen molar-refractivity contribution in [1.82, 2.24) is 10.2 Å². The Morgan fingerprint density at radius 3 is 2.94 bits per heavy atom. The molecule has 0 saturated carbocycles. The average molecular weight is 245 g/mol. The topological polar surface area (TPSA) is 65.4 Å². The van der Waals surface area contributed by atoms with Crippen molar-refractivity contribution >= 4 is 5.91 Å². The number of nitrogens with one attached hydrogen (secondary N) is 1. The fourth-order valence-electron chi connectivity index (χ4n) is 2.09. The van der Waals surface area contributed by atoms with Gasteiger partial charge in [-0.1, -0.05) is 18.2 Å². The van der Waals surface area contributed by atoms with Gasteiger partial charge in [0, 0.05) is 18.7 Å². The fraction of sp³-hybridized carbons (Fsp3) is 0.385. The number of ether oxygens (including phenoxy) is 1. The number of carbonyl (C=O) groups is 1. The van der Waals surface area contributed by atoms with Gasteiger partial charge in [-0.25, -0.2) is 0 Å². The van der Waals surface area contributed by atoms with E-state index in [1.165, 1.54) is 0 Å². The molecule has 1 aliphatic heterocycles. The van der Waals surface area contributed by atoms with E-state index in [0.29, 0.717) is 18.8 Å². The van der Waals surface area contributed by atoms with Gasteiger partial charge in [0.25, 0.3) is 0 Å². The lowest BCUT2D eigenvalue weighted by Gasteiger charge is -2.31. The fourth-order valence-corrected chi connectivity index (χ4v) is 2.09. The van der Waals surface area contributed by atoms with Gasteiger partial charge in [-0.15, -0.1) is 0 Å². The summed E-state index contributed by atoms with van der Waals surface area (Å²) in [7, 11) is 1.56. The van der Waals surface area contributed by atoms with Gasteiger partial charge in [0.05, 0.1) is 19.7 Å². The van der Waals surface area contributed by atoms with E-state index in [4.69, 9.17) is 4.74 Å². The molecule has 1 saturated heterocycles. The molecule has 5 nitrogen and oxygen atoms in total. The van der Waals surface area contributed by atoms with Crippen LogP contribution in [0.2, 0.25) is 0 Å². The normalized spacial score (nSPS) is 17.1. The van der Waals surface area contributed by atoms with Gasteiger partial charge < -0.3 is 15.0 Å². The third-order valence-electron chi connectivity index (χ3n) is 2.99. The van der Waals surface area contributed by atoms with E-state index in [1.807, 2.05) is 18.2 Å². The molecule has 0 spiro atoms. The summed E-state index contributed by atoms with van der Waals surface area (Å²) in [5.41, 5.74) is 0.734. The molecule has 1 aliphatic rings. The van der Waals surface area contributed by atoms with Gasteiger partial charge in [-0.2, -0.15) is 5.26 Å². The summed E-state index contributed by atoms with van der Waals surface area (Å²) in [5.74, 6) is 0.578. The summed E-state index contributed by atoms with van der Waals surface area (Å²) in [4.78, 5) is 13.4. The summed E-state index contributed by atoms with van der Waals surface area (Å²) >= 11 is 0. The van der Waals surface area contributed by atoms with Crippen LogP contribution in [0.4, 0.5) is 0 Å². The van der Waals surface area contributed by atoms with E-state index in [1.54, 1.807) is 18.1 Å². The number of piperazine rings is 1. The van der Waals surface area contributed by atoms with Gasteiger partial charge in [0.1, 0.15) is 11.8 Å². The molecule has 0 bridgehead atoms. The summed E-state index contributed by atoms with van der Waals surface area (Å²) in [5, 5.41) is 12.3. The molecule has 1 atom stereocenters. The Kier molecular flexibility index (Phi) is 3.80. The number of nitrogens with zero attached hydrogens (tertiary/aromatic N) is 2. The van der Waals surface area contributed by atoms with E-state index in [2.05, 4.69) is 11.4 Å². The Bertz CT molecular complexity index is 481. The second-order valence-corrected chi connectivity index (χ2v) is 4.04. The molecule has 1 unspecified atom stereocenters. The van der Waals surface area contributed by atoms with Crippen molar-refractivity contribution in [2.45, 2.75) is 6.04 Å². The molecule has 1 N–H and O–H groups in total. The van der Waals surface area contributed by atoms with E-state index >= 15 is 0 Å². The first-order valence-corrected chi connectivity index (χ1v) is 5.80. The van der Waals surface area contributed by atoms with Crippen LogP contribution in [0.25, 0.3) is 0 Å². The van der Waals surface area contributed by atoms with Crippen molar-refractivity contribution in [2.24, 2.45) is 0 Å². The molecule has 0 aliphatic carbocycles. The summed E-state index contributed by atoms with van der Waals surface area (Å²) < 4.78 is 5.25. The van der Waals surface area contributed by atoms with Crippen molar-refractivity contribution in [3.8, 4) is 11.8 Å². The first-order valence-electron chi connectivity index (χ1n) is 5.80. The highest BCUT2D eigenvalue weighted by molar-refractivity contribution is 5.80. The first-order chi connectivity index (χ1) is 8.77. The summed E-state index contributed by atoms with van der Waals surface area (Å²) in [6, 6.07) is 8.91. The molecule has 0 radical (unpaired) electrons. The Balaban J connectivity index is 2.33. The molecule has 1 amide bonds. The SMILES string of the molecule is COc1ccccc1C(C#N)N1CCNCC1=O. The molecule has 1 fully saturated rings. The monoisotopic (exact) mass is 245 g/mol. The standard InChI is InChI=1S/C13H15N3O2/c1-18-12-5-3-2-4-10(12)11(8-14)16-7-6-15-9-13(16)17/h2-5,11,15H,6-7,9H2,1H3. The van der Waals surface area contributed by atoms with Crippen molar-refractivity contribution in [2.75, 3.05) is 26.7 Å². The number of benzene rings is 1. The Hall–Kier alpha value is -2.06. The average Bonchev–Trinajstić information content (AvgIpc) is 2.42. The van der Waals surface area contributed by atoms with Crippen molar-refractivity contribution < 1.29 is 9.53 Å². The maximum atomic E-state index is 11.8. The minimum absolute atomic E-state index is 0.0568. The molecule has 18 heavy (non-hydrogen) atoms. The van der Waals surface area contributed by atoms with Gasteiger partial charge in [-0.3, -0.25) is 4.79 Å². The van der Waals surface area contributed by atoms with E-state index in [-0.39, 0.29) is 12.5 Å². The van der Waals surface area contributed by atoms with Gasteiger partial charge in [-0.05, 0) is 6.07 Å². The molecular weight excluding hydrogens is 230 g/mol. The molecule has 1 heterocycles. The van der Waals surface area contributed by atoms with E-state index < -0.39 is 6.04 Å². The zero-order valence-corrected chi connectivity index (χ0v) is 10.2. The second kappa shape index (κ2) is 5.52. The highest BCUT2D eigenvalue weighted by Crippen LogP contribution is 2.29. The molecule has 5 heteroatoms. The van der Waals surface area contributed by atoms with Crippen molar-refractivity contribution in [1.29, 1.82) is 5.26 Å². The highest BCUT2D eigenvalue weighted by Gasteiger charge is 2.28. The number of methoxy groups -OCH3 is 1.